The largest absolute Gasteiger partial charge is 0.494 e. The molecule has 0 radical (unpaired) electrons. The highest BCUT2D eigenvalue weighted by Gasteiger charge is 2.19. The van der Waals surface area contributed by atoms with Crippen molar-refractivity contribution in [2.24, 2.45) is 0 Å². The van der Waals surface area contributed by atoms with Gasteiger partial charge in [-0.2, -0.15) is 0 Å². The molecule has 3 nitrogen and oxygen atoms in total. The normalized spacial score (nSPS) is 21.4. The average molecular weight is 246 g/mol. The third-order valence-electron chi connectivity index (χ3n) is 3.05. The predicted octanol–water partition coefficient (Wildman–Crippen LogP) is 2.86. The topological polar surface area (TPSA) is 35.5 Å². The van der Waals surface area contributed by atoms with E-state index in [1.54, 1.807) is 0 Å². The summed E-state index contributed by atoms with van der Waals surface area (Å²) in [6.07, 6.45) is 5.42. The molecule has 1 unspecified atom stereocenters. The van der Waals surface area contributed by atoms with Crippen molar-refractivity contribution >= 4 is 5.97 Å². The van der Waals surface area contributed by atoms with Crippen LogP contribution in [0.25, 0.3) is 0 Å². The first-order chi connectivity index (χ1) is 8.78. The van der Waals surface area contributed by atoms with Crippen LogP contribution in [0.5, 0.6) is 0 Å². The fourth-order valence-electron chi connectivity index (χ4n) is 2.15. The number of carbonyl (C=O) groups is 1. The zero-order chi connectivity index (χ0) is 12.8. The van der Waals surface area contributed by atoms with Crippen LogP contribution in [0.15, 0.2) is 42.2 Å². The lowest BCUT2D eigenvalue weighted by atomic mass is 10.0. The Hall–Kier alpha value is -1.77. The van der Waals surface area contributed by atoms with Crippen molar-refractivity contribution in [1.29, 1.82) is 0 Å². The summed E-state index contributed by atoms with van der Waals surface area (Å²) in [5.74, 6) is 0.402. The monoisotopic (exact) mass is 246 g/mol. The molecule has 1 atom stereocenters. The summed E-state index contributed by atoms with van der Waals surface area (Å²) in [6.45, 7) is 0. The Kier molecular flexibility index (Phi) is 4.40. The summed E-state index contributed by atoms with van der Waals surface area (Å²) in [7, 11) is 1.38. The molecule has 1 saturated heterocycles. The maximum Gasteiger partial charge on any atom is 0.333 e. The molecule has 1 aliphatic rings. The Balaban J connectivity index is 1.95. The third kappa shape index (κ3) is 3.62. The zero-order valence-electron chi connectivity index (χ0n) is 10.6. The van der Waals surface area contributed by atoms with E-state index in [1.165, 1.54) is 18.7 Å². The molecule has 0 aromatic heterocycles. The molecule has 18 heavy (non-hydrogen) atoms. The first-order valence-corrected chi connectivity index (χ1v) is 6.27. The lowest BCUT2D eigenvalue weighted by Gasteiger charge is -2.26. The number of hydrogen-bond acceptors (Lipinski definition) is 3. The highest BCUT2D eigenvalue weighted by Crippen LogP contribution is 2.24. The van der Waals surface area contributed by atoms with Gasteiger partial charge in [0, 0.05) is 12.8 Å². The minimum Gasteiger partial charge on any atom is -0.494 e. The van der Waals surface area contributed by atoms with Crippen molar-refractivity contribution in [2.45, 2.75) is 31.8 Å². The third-order valence-corrected chi connectivity index (χ3v) is 3.05. The van der Waals surface area contributed by atoms with Crippen molar-refractivity contribution in [3.05, 3.63) is 47.7 Å². The lowest BCUT2D eigenvalue weighted by molar-refractivity contribution is -0.135. The Morgan fingerprint density at radius 3 is 2.94 bits per heavy atom. The number of ether oxygens (including phenoxy) is 2. The first-order valence-electron chi connectivity index (χ1n) is 6.27. The van der Waals surface area contributed by atoms with E-state index in [2.05, 4.69) is 16.9 Å². The number of methoxy groups -OCH3 is 1. The SMILES string of the molecule is COC(=O)/C=C1\CCCC(Cc2ccccc2)O1. The van der Waals surface area contributed by atoms with Crippen LogP contribution in [-0.4, -0.2) is 19.2 Å². The highest BCUT2D eigenvalue weighted by atomic mass is 16.5. The lowest BCUT2D eigenvalue weighted by Crippen LogP contribution is -2.21. The number of rotatable bonds is 3. The molecule has 0 saturated carbocycles. The van der Waals surface area contributed by atoms with Crippen molar-refractivity contribution in [3.8, 4) is 0 Å². The van der Waals surface area contributed by atoms with Crippen molar-refractivity contribution in [3.63, 3.8) is 0 Å². The number of esters is 1. The van der Waals surface area contributed by atoms with E-state index in [1.807, 2.05) is 18.2 Å². The second-order valence-electron chi connectivity index (χ2n) is 4.46. The van der Waals surface area contributed by atoms with Crippen LogP contribution in [0.2, 0.25) is 0 Å². The summed E-state index contributed by atoms with van der Waals surface area (Å²) < 4.78 is 10.4. The van der Waals surface area contributed by atoms with Crippen LogP contribution in [0.3, 0.4) is 0 Å². The van der Waals surface area contributed by atoms with Gasteiger partial charge in [-0.1, -0.05) is 30.3 Å². The molecule has 0 spiro atoms. The number of carbonyl (C=O) groups excluding carboxylic acids is 1. The quantitative estimate of drug-likeness (QED) is 0.607. The standard InChI is InChI=1S/C15H18O3/c1-17-15(16)11-14-9-5-8-13(18-14)10-12-6-3-2-4-7-12/h2-4,6-7,11,13H,5,8-10H2,1H3/b14-11+. The van der Waals surface area contributed by atoms with Gasteiger partial charge in [-0.3, -0.25) is 0 Å². The van der Waals surface area contributed by atoms with E-state index in [4.69, 9.17) is 4.74 Å². The van der Waals surface area contributed by atoms with Gasteiger partial charge >= 0.3 is 5.97 Å². The van der Waals surface area contributed by atoms with Gasteiger partial charge in [0.05, 0.1) is 13.2 Å². The minimum absolute atomic E-state index is 0.164. The maximum atomic E-state index is 11.2. The van der Waals surface area contributed by atoms with Crippen LogP contribution in [0.4, 0.5) is 0 Å². The molecular weight excluding hydrogens is 228 g/mol. The molecule has 2 rings (SSSR count). The smallest absolute Gasteiger partial charge is 0.333 e. The number of benzene rings is 1. The van der Waals surface area contributed by atoms with Crippen LogP contribution < -0.4 is 0 Å². The van der Waals surface area contributed by atoms with E-state index < -0.39 is 0 Å². The maximum absolute atomic E-state index is 11.2. The summed E-state index contributed by atoms with van der Waals surface area (Å²) in [5.41, 5.74) is 1.27. The Labute approximate surface area is 107 Å². The Bertz CT molecular complexity index is 423. The van der Waals surface area contributed by atoms with Gasteiger partial charge in [0.25, 0.3) is 0 Å². The van der Waals surface area contributed by atoms with Crippen molar-refractivity contribution < 1.29 is 14.3 Å². The Morgan fingerprint density at radius 1 is 1.44 bits per heavy atom. The minimum atomic E-state index is -0.342. The van der Waals surface area contributed by atoms with E-state index in [9.17, 15) is 4.79 Å². The first kappa shape index (κ1) is 12.7. The molecule has 1 heterocycles. The summed E-state index contributed by atoms with van der Waals surface area (Å²) in [6, 6.07) is 10.3. The second kappa shape index (κ2) is 6.24. The van der Waals surface area contributed by atoms with Crippen LogP contribution >= 0.6 is 0 Å². The summed E-state index contributed by atoms with van der Waals surface area (Å²) in [4.78, 5) is 11.2. The predicted molar refractivity (Wildman–Crippen MR) is 69.0 cm³/mol. The summed E-state index contributed by atoms with van der Waals surface area (Å²) in [5, 5.41) is 0. The van der Waals surface area contributed by atoms with Gasteiger partial charge in [0.15, 0.2) is 0 Å². The fraction of sp³-hybridized carbons (Fsp3) is 0.400. The van der Waals surface area contributed by atoms with Gasteiger partial charge < -0.3 is 9.47 Å². The van der Waals surface area contributed by atoms with Gasteiger partial charge in [-0.25, -0.2) is 4.79 Å². The molecule has 0 bridgehead atoms. The molecule has 96 valence electrons. The van der Waals surface area contributed by atoms with Crippen molar-refractivity contribution in [2.75, 3.05) is 7.11 Å². The molecule has 1 aliphatic heterocycles. The molecule has 3 heteroatoms. The van der Waals surface area contributed by atoms with E-state index in [0.717, 1.165) is 31.4 Å². The van der Waals surface area contributed by atoms with Crippen molar-refractivity contribution in [1.82, 2.24) is 0 Å². The van der Waals surface area contributed by atoms with Gasteiger partial charge in [0.1, 0.15) is 11.9 Å². The number of hydrogen-bond donors (Lipinski definition) is 0. The fourth-order valence-corrected chi connectivity index (χ4v) is 2.15. The molecule has 1 fully saturated rings. The zero-order valence-corrected chi connectivity index (χ0v) is 10.6. The molecule has 1 aromatic rings. The average Bonchev–Trinajstić information content (AvgIpc) is 2.40. The van der Waals surface area contributed by atoms with E-state index in [0.29, 0.717) is 0 Å². The second-order valence-corrected chi connectivity index (χ2v) is 4.46. The van der Waals surface area contributed by atoms with Crippen LogP contribution in [0, 0.1) is 0 Å². The van der Waals surface area contributed by atoms with E-state index >= 15 is 0 Å². The Morgan fingerprint density at radius 2 is 2.22 bits per heavy atom. The summed E-state index contributed by atoms with van der Waals surface area (Å²) >= 11 is 0. The van der Waals surface area contributed by atoms with Crippen LogP contribution in [0.1, 0.15) is 24.8 Å². The molecule has 0 aliphatic carbocycles. The molecule has 0 N–H and O–H groups in total. The molecule has 0 amide bonds. The van der Waals surface area contributed by atoms with Gasteiger partial charge in [-0.15, -0.1) is 0 Å². The van der Waals surface area contributed by atoms with Crippen LogP contribution in [-0.2, 0) is 20.7 Å². The molecular formula is C15H18O3. The van der Waals surface area contributed by atoms with Gasteiger partial charge in [-0.05, 0) is 18.4 Å². The van der Waals surface area contributed by atoms with E-state index in [-0.39, 0.29) is 12.1 Å². The number of allylic oxidation sites excluding steroid dienone is 1. The molecule has 1 aromatic carbocycles. The highest BCUT2D eigenvalue weighted by molar-refractivity contribution is 5.82. The van der Waals surface area contributed by atoms with Gasteiger partial charge in [0.2, 0.25) is 0 Å².